The second-order valence-corrected chi connectivity index (χ2v) is 4.36. The van der Waals surface area contributed by atoms with E-state index in [-0.39, 0.29) is 4.90 Å². The van der Waals surface area contributed by atoms with Crippen LogP contribution in [0.2, 0.25) is 0 Å². The Labute approximate surface area is 77.6 Å². The van der Waals surface area contributed by atoms with Crippen LogP contribution in [0.25, 0.3) is 0 Å². The van der Waals surface area contributed by atoms with E-state index in [1.807, 2.05) is 5.43 Å². The van der Waals surface area contributed by atoms with Crippen molar-refractivity contribution in [1.29, 1.82) is 0 Å². The molecule has 0 heterocycles. The van der Waals surface area contributed by atoms with E-state index in [4.69, 9.17) is 5.84 Å². The molecule has 13 heavy (non-hydrogen) atoms. The lowest BCUT2D eigenvalue weighted by Gasteiger charge is -2.05. The number of hydrogen-bond donors (Lipinski definition) is 2. The van der Waals surface area contributed by atoms with E-state index in [2.05, 4.69) is 0 Å². The van der Waals surface area contributed by atoms with Gasteiger partial charge in [0.05, 0.1) is 4.90 Å². The Morgan fingerprint density at radius 2 is 2.00 bits per heavy atom. The monoisotopic (exact) mass is 199 g/mol. The van der Waals surface area contributed by atoms with Gasteiger partial charge in [0.25, 0.3) is 0 Å². The first-order chi connectivity index (χ1) is 6.08. The molecule has 0 atom stereocenters. The van der Waals surface area contributed by atoms with Crippen molar-refractivity contribution in [3.8, 4) is 0 Å². The molecule has 5 heteroatoms. The number of benzene rings is 1. The highest BCUT2D eigenvalue weighted by atomic mass is 32.2. The lowest BCUT2D eigenvalue weighted by atomic mass is 10.2. The Hall–Kier alpha value is -0.910. The van der Waals surface area contributed by atoms with E-state index in [1.165, 1.54) is 0 Å². The average molecular weight is 199 g/mol. The van der Waals surface area contributed by atoms with E-state index in [0.717, 1.165) is 5.88 Å². The van der Waals surface area contributed by atoms with Crippen molar-refractivity contribution in [2.24, 2.45) is 5.84 Å². The second-order valence-electron chi connectivity index (χ2n) is 2.60. The predicted octanol–water partition coefficient (Wildman–Crippen LogP) is 0.351. The van der Waals surface area contributed by atoms with Crippen LogP contribution in [-0.2, 0) is 9.84 Å². The summed E-state index contributed by atoms with van der Waals surface area (Å²) in [5.74, 6) is 5.79. The van der Waals surface area contributed by atoms with E-state index >= 15 is 0 Å². The van der Waals surface area contributed by atoms with Gasteiger partial charge in [-0.1, -0.05) is 18.2 Å². The van der Waals surface area contributed by atoms with Gasteiger partial charge in [0.2, 0.25) is 0 Å². The summed E-state index contributed by atoms with van der Waals surface area (Å²) in [5.41, 5.74) is 2.72. The molecule has 0 spiro atoms. The summed E-state index contributed by atoms with van der Waals surface area (Å²) in [6.45, 7) is 1.73. The highest BCUT2D eigenvalue weighted by Gasteiger charge is 2.15. The molecule has 71 valence electrons. The maximum atomic E-state index is 11.5. The normalized spacial score (nSPS) is 11.5. The van der Waals surface area contributed by atoms with Crippen molar-refractivity contribution >= 4 is 9.84 Å². The largest absolute Gasteiger partial charge is 0.270 e. The summed E-state index contributed by atoms with van der Waals surface area (Å²) < 4.78 is 22.9. The summed E-state index contributed by atoms with van der Waals surface area (Å²) in [5, 5.41) is 0. The topological polar surface area (TPSA) is 72.2 Å². The van der Waals surface area contributed by atoms with Gasteiger partial charge in [0, 0.05) is 0 Å². The van der Waals surface area contributed by atoms with Gasteiger partial charge in [0.1, 0.15) is 0 Å². The molecule has 1 aromatic carbocycles. The van der Waals surface area contributed by atoms with Gasteiger partial charge < -0.3 is 0 Å². The molecular formula is C8H11N2O2S. The van der Waals surface area contributed by atoms with E-state index in [0.29, 0.717) is 5.56 Å². The van der Waals surface area contributed by atoms with Crippen molar-refractivity contribution in [2.45, 2.75) is 11.8 Å². The van der Waals surface area contributed by atoms with Crippen molar-refractivity contribution in [3.63, 3.8) is 0 Å². The number of nitrogens with one attached hydrogen (secondary N) is 1. The van der Waals surface area contributed by atoms with Crippen LogP contribution in [0.15, 0.2) is 29.2 Å². The van der Waals surface area contributed by atoms with Gasteiger partial charge >= 0.3 is 0 Å². The standard InChI is InChI=1S/C8H11N2O2S/c1-7-4-2-3-5-8(7)13(11,12)6-10-9/h2-6,10H,9H2,1H3. The van der Waals surface area contributed by atoms with E-state index in [9.17, 15) is 8.42 Å². The third kappa shape index (κ3) is 2.27. The molecule has 0 fully saturated rings. The van der Waals surface area contributed by atoms with Crippen LogP contribution in [0.3, 0.4) is 0 Å². The molecule has 4 nitrogen and oxygen atoms in total. The third-order valence-corrected chi connectivity index (χ3v) is 3.14. The minimum Gasteiger partial charge on any atom is -0.270 e. The van der Waals surface area contributed by atoms with Gasteiger partial charge in [-0.2, -0.15) is 0 Å². The average Bonchev–Trinajstić information content (AvgIpc) is 2.04. The molecule has 1 aromatic rings. The maximum Gasteiger partial charge on any atom is 0.198 e. The van der Waals surface area contributed by atoms with E-state index < -0.39 is 9.84 Å². The van der Waals surface area contributed by atoms with Gasteiger partial charge in [-0.05, 0) is 18.6 Å². The summed E-state index contributed by atoms with van der Waals surface area (Å²) in [7, 11) is -3.40. The zero-order valence-electron chi connectivity index (χ0n) is 7.19. The minimum absolute atomic E-state index is 0.271. The lowest BCUT2D eigenvalue weighted by molar-refractivity contribution is 0.596. The molecule has 3 N–H and O–H groups in total. The molecule has 1 rings (SSSR count). The SMILES string of the molecule is Cc1ccccc1S(=O)(=O)[CH]NN. The van der Waals surface area contributed by atoms with Crippen LogP contribution < -0.4 is 11.3 Å². The zero-order chi connectivity index (χ0) is 9.90. The highest BCUT2D eigenvalue weighted by molar-refractivity contribution is 7.93. The molecule has 0 aromatic heterocycles. The van der Waals surface area contributed by atoms with Gasteiger partial charge in [-0.25, -0.2) is 13.8 Å². The second kappa shape index (κ2) is 3.87. The summed E-state index contributed by atoms with van der Waals surface area (Å²) >= 11 is 0. The van der Waals surface area contributed by atoms with E-state index in [1.54, 1.807) is 31.2 Å². The number of hydrazine groups is 1. The van der Waals surface area contributed by atoms with Crippen LogP contribution in [-0.4, -0.2) is 8.42 Å². The number of aryl methyl sites for hydroxylation is 1. The van der Waals surface area contributed by atoms with Crippen molar-refractivity contribution < 1.29 is 8.42 Å². The van der Waals surface area contributed by atoms with Crippen LogP contribution in [0.1, 0.15) is 5.56 Å². The fourth-order valence-corrected chi connectivity index (χ4v) is 2.12. The predicted molar refractivity (Wildman–Crippen MR) is 50.0 cm³/mol. The molecule has 0 bridgehead atoms. The summed E-state index contributed by atoms with van der Waals surface area (Å²) in [4.78, 5) is 0.271. The number of nitrogens with two attached hydrogens (primary N) is 1. The summed E-state index contributed by atoms with van der Waals surface area (Å²) in [6.07, 6.45) is 0. The molecule has 0 aliphatic carbocycles. The highest BCUT2D eigenvalue weighted by Crippen LogP contribution is 2.16. The Kier molecular flexibility index (Phi) is 3.02. The van der Waals surface area contributed by atoms with Gasteiger partial charge in [-0.3, -0.25) is 5.84 Å². The number of hydrogen-bond acceptors (Lipinski definition) is 4. The van der Waals surface area contributed by atoms with Crippen molar-refractivity contribution in [1.82, 2.24) is 5.43 Å². The van der Waals surface area contributed by atoms with Crippen LogP contribution in [0, 0.1) is 12.8 Å². The fourth-order valence-electron chi connectivity index (χ4n) is 1.03. The Bertz CT molecular complexity index is 387. The minimum atomic E-state index is -3.40. The number of sulfone groups is 1. The molecule has 0 unspecified atom stereocenters. The molecule has 0 amide bonds. The smallest absolute Gasteiger partial charge is 0.198 e. The van der Waals surface area contributed by atoms with Crippen molar-refractivity contribution in [2.75, 3.05) is 0 Å². The molecule has 0 aliphatic heterocycles. The van der Waals surface area contributed by atoms with Gasteiger partial charge in [0.15, 0.2) is 15.7 Å². The first-order valence-corrected chi connectivity index (χ1v) is 5.22. The molecule has 0 saturated heterocycles. The molecule has 0 saturated carbocycles. The number of rotatable bonds is 3. The van der Waals surface area contributed by atoms with Crippen LogP contribution in [0.4, 0.5) is 0 Å². The first kappa shape index (κ1) is 10.2. The van der Waals surface area contributed by atoms with Crippen molar-refractivity contribution in [3.05, 3.63) is 35.7 Å². The fraction of sp³-hybridized carbons (Fsp3) is 0.125. The van der Waals surface area contributed by atoms with Crippen LogP contribution in [0.5, 0.6) is 0 Å². The molecular weight excluding hydrogens is 188 g/mol. The third-order valence-electron chi connectivity index (χ3n) is 1.62. The zero-order valence-corrected chi connectivity index (χ0v) is 8.01. The summed E-state index contributed by atoms with van der Waals surface area (Å²) in [6, 6.07) is 6.73. The lowest BCUT2D eigenvalue weighted by Crippen LogP contribution is -2.24. The Morgan fingerprint density at radius 3 is 2.54 bits per heavy atom. The quantitative estimate of drug-likeness (QED) is 0.544. The Balaban J connectivity index is 3.15. The molecule has 1 radical (unpaired) electrons. The Morgan fingerprint density at radius 1 is 1.38 bits per heavy atom. The first-order valence-electron chi connectivity index (χ1n) is 3.68. The van der Waals surface area contributed by atoms with Crippen LogP contribution >= 0.6 is 0 Å². The maximum absolute atomic E-state index is 11.5. The van der Waals surface area contributed by atoms with Gasteiger partial charge in [-0.15, -0.1) is 0 Å². The molecule has 0 aliphatic rings.